The first-order chi connectivity index (χ1) is 31.4. The summed E-state index contributed by atoms with van der Waals surface area (Å²) in [6.45, 7) is 6.87. The van der Waals surface area contributed by atoms with Crippen molar-refractivity contribution in [1.29, 1.82) is 0 Å². The Hall–Kier alpha value is -7.15. The van der Waals surface area contributed by atoms with E-state index in [1.165, 1.54) is 0 Å². The molecule has 0 aliphatic carbocycles. The van der Waals surface area contributed by atoms with E-state index in [0.29, 0.717) is 30.9 Å². The minimum atomic E-state index is 0.657. The third-order valence-electron chi connectivity index (χ3n) is 10.4. The van der Waals surface area contributed by atoms with Gasteiger partial charge in [-0.05, 0) is 128 Å². The lowest BCUT2D eigenvalue weighted by Gasteiger charge is -2.22. The van der Waals surface area contributed by atoms with Gasteiger partial charge in [0.2, 0.25) is 11.9 Å². The van der Waals surface area contributed by atoms with Crippen LogP contribution in [-0.4, -0.2) is 69.6 Å². The fourth-order valence-corrected chi connectivity index (χ4v) is 6.53. The highest BCUT2D eigenvalue weighted by molar-refractivity contribution is 5.61. The second kappa shape index (κ2) is 25.1. The lowest BCUT2D eigenvalue weighted by molar-refractivity contribution is 0.304. The number of nitrogens with zero attached hydrogens (tertiary/aromatic N) is 9. The van der Waals surface area contributed by atoms with E-state index in [1.54, 1.807) is 14.2 Å². The van der Waals surface area contributed by atoms with Gasteiger partial charge in [0, 0.05) is 32.7 Å². The number of ether oxygens (including phenoxy) is 4. The van der Waals surface area contributed by atoms with Crippen LogP contribution in [0.1, 0.15) is 56.9 Å². The number of methoxy groups -OCH3 is 2. The van der Waals surface area contributed by atoms with Gasteiger partial charge in [-0.1, -0.05) is 62.6 Å². The van der Waals surface area contributed by atoms with Crippen LogP contribution in [0.15, 0.2) is 148 Å². The molecule has 0 unspecified atom stereocenters. The summed E-state index contributed by atoms with van der Waals surface area (Å²) in [5.41, 5.74) is 5.05. The third kappa shape index (κ3) is 15.0. The molecule has 13 heteroatoms. The van der Waals surface area contributed by atoms with E-state index in [0.717, 1.165) is 121 Å². The predicted octanol–water partition coefficient (Wildman–Crippen LogP) is 13.2. The Bertz CT molecular complexity index is 2220. The molecule has 1 heterocycles. The maximum Gasteiger partial charge on any atom is 0.230 e. The van der Waals surface area contributed by atoms with Crippen molar-refractivity contribution >= 4 is 40.7 Å². The number of aromatic nitrogens is 3. The minimum Gasteiger partial charge on any atom is -0.497 e. The summed E-state index contributed by atoms with van der Waals surface area (Å²) in [4.78, 5) is 19.0. The number of unbranched alkanes of at least 4 members (excludes halogenated alkanes) is 6. The molecule has 0 atom stereocenters. The van der Waals surface area contributed by atoms with E-state index in [2.05, 4.69) is 50.9 Å². The molecule has 6 aromatic rings. The summed E-state index contributed by atoms with van der Waals surface area (Å²) in [5, 5.41) is 17.2. The molecule has 64 heavy (non-hydrogen) atoms. The average Bonchev–Trinajstić information content (AvgIpc) is 3.35. The summed E-state index contributed by atoms with van der Waals surface area (Å²) in [6.07, 6.45) is 10.1. The molecule has 0 fully saturated rings. The second-order valence-corrected chi connectivity index (χ2v) is 15.2. The third-order valence-corrected chi connectivity index (χ3v) is 10.4. The quantitative estimate of drug-likeness (QED) is 0.0386. The van der Waals surface area contributed by atoms with Gasteiger partial charge < -0.3 is 28.7 Å². The molecule has 5 aromatic carbocycles. The zero-order valence-corrected chi connectivity index (χ0v) is 37.5. The first-order valence-corrected chi connectivity index (χ1v) is 21.9. The van der Waals surface area contributed by atoms with Gasteiger partial charge in [-0.15, -0.1) is 0 Å². The van der Waals surface area contributed by atoms with Crippen molar-refractivity contribution in [3.05, 3.63) is 133 Å². The number of benzene rings is 5. The second-order valence-electron chi connectivity index (χ2n) is 15.2. The van der Waals surface area contributed by atoms with Crippen molar-refractivity contribution in [3.63, 3.8) is 0 Å². The number of azo groups is 2. The summed E-state index contributed by atoms with van der Waals surface area (Å²) >= 11 is 0. The maximum absolute atomic E-state index is 6.00. The predicted molar refractivity (Wildman–Crippen MR) is 257 cm³/mol. The van der Waals surface area contributed by atoms with Crippen molar-refractivity contribution < 1.29 is 18.9 Å². The zero-order chi connectivity index (χ0) is 44.8. The van der Waals surface area contributed by atoms with Gasteiger partial charge in [-0.25, -0.2) is 0 Å². The smallest absolute Gasteiger partial charge is 0.230 e. The molecule has 0 amide bonds. The van der Waals surface area contributed by atoms with Gasteiger partial charge >= 0.3 is 0 Å². The van der Waals surface area contributed by atoms with Crippen LogP contribution in [0.2, 0.25) is 0 Å². The fraction of sp³-hybridized carbons (Fsp3) is 0.314. The standard InChI is InChI=1S/C51H59N9O4/c1-6-39-15-17-40(18-16-39)49-52-50(59(2)35-11-7-9-13-37-63-47-31-23-43(24-32-47)57-55-41-19-27-45(61-4)28-20-41)54-51(53-49)60(3)36-12-8-10-14-38-64-48-33-25-44(26-34-48)58-56-42-21-29-46(62-5)30-22-42/h6,15-34H,1,7-14,35-38H2,2-5H3. The monoisotopic (exact) mass is 861 g/mol. The lowest BCUT2D eigenvalue weighted by Crippen LogP contribution is -2.26. The van der Waals surface area contributed by atoms with E-state index >= 15 is 0 Å². The Morgan fingerprint density at radius 2 is 0.812 bits per heavy atom. The van der Waals surface area contributed by atoms with Gasteiger partial charge in [0.1, 0.15) is 23.0 Å². The van der Waals surface area contributed by atoms with Crippen molar-refractivity contribution in [1.82, 2.24) is 15.0 Å². The molecule has 0 saturated carbocycles. The highest BCUT2D eigenvalue weighted by Gasteiger charge is 2.15. The first-order valence-electron chi connectivity index (χ1n) is 21.9. The van der Waals surface area contributed by atoms with Gasteiger partial charge in [-0.2, -0.15) is 35.4 Å². The Kier molecular flexibility index (Phi) is 18.2. The normalized spacial score (nSPS) is 11.2. The van der Waals surface area contributed by atoms with Gasteiger partial charge in [0.05, 0.1) is 50.2 Å². The van der Waals surface area contributed by atoms with Crippen LogP contribution in [0.25, 0.3) is 17.5 Å². The maximum atomic E-state index is 6.00. The summed E-state index contributed by atoms with van der Waals surface area (Å²) in [6, 6.07) is 38.4. The summed E-state index contributed by atoms with van der Waals surface area (Å²) in [7, 11) is 7.39. The average molecular weight is 862 g/mol. The Morgan fingerprint density at radius 1 is 0.453 bits per heavy atom. The molecular weight excluding hydrogens is 803 g/mol. The molecular formula is C51H59N9O4. The van der Waals surface area contributed by atoms with Crippen LogP contribution in [0.3, 0.4) is 0 Å². The topological polar surface area (TPSA) is 132 Å². The van der Waals surface area contributed by atoms with Crippen molar-refractivity contribution in [2.45, 2.75) is 51.4 Å². The number of hydrogen-bond donors (Lipinski definition) is 0. The van der Waals surface area contributed by atoms with Gasteiger partial charge in [0.15, 0.2) is 5.82 Å². The van der Waals surface area contributed by atoms with E-state index in [1.807, 2.05) is 127 Å². The summed E-state index contributed by atoms with van der Waals surface area (Å²) < 4.78 is 22.4. The van der Waals surface area contributed by atoms with E-state index in [4.69, 9.17) is 33.9 Å². The van der Waals surface area contributed by atoms with Crippen LogP contribution < -0.4 is 28.7 Å². The number of rotatable bonds is 26. The van der Waals surface area contributed by atoms with Crippen molar-refractivity contribution in [3.8, 4) is 34.4 Å². The fourth-order valence-electron chi connectivity index (χ4n) is 6.53. The molecule has 0 saturated heterocycles. The van der Waals surface area contributed by atoms with Crippen LogP contribution in [0.4, 0.5) is 34.6 Å². The van der Waals surface area contributed by atoms with Crippen LogP contribution >= 0.6 is 0 Å². The first kappa shape index (κ1) is 46.4. The number of anilines is 2. The minimum absolute atomic E-state index is 0.657. The molecule has 332 valence electrons. The molecule has 13 nitrogen and oxygen atoms in total. The lowest BCUT2D eigenvalue weighted by atomic mass is 10.1. The van der Waals surface area contributed by atoms with Crippen LogP contribution in [0, 0.1) is 0 Å². The van der Waals surface area contributed by atoms with E-state index in [-0.39, 0.29) is 0 Å². The largest absolute Gasteiger partial charge is 0.497 e. The molecule has 0 N–H and O–H groups in total. The number of hydrogen-bond acceptors (Lipinski definition) is 13. The van der Waals surface area contributed by atoms with Crippen molar-refractivity contribution in [2.24, 2.45) is 20.5 Å². The zero-order valence-electron chi connectivity index (χ0n) is 37.5. The molecule has 6 rings (SSSR count). The van der Waals surface area contributed by atoms with Crippen LogP contribution in [-0.2, 0) is 0 Å². The highest BCUT2D eigenvalue weighted by Crippen LogP contribution is 2.26. The molecule has 0 bridgehead atoms. The molecule has 0 aliphatic rings. The van der Waals surface area contributed by atoms with Gasteiger partial charge in [0.25, 0.3) is 0 Å². The van der Waals surface area contributed by atoms with E-state index < -0.39 is 0 Å². The Balaban J connectivity index is 0.903. The van der Waals surface area contributed by atoms with Crippen LogP contribution in [0.5, 0.6) is 23.0 Å². The Morgan fingerprint density at radius 3 is 1.17 bits per heavy atom. The highest BCUT2D eigenvalue weighted by atomic mass is 16.5. The van der Waals surface area contributed by atoms with E-state index in [9.17, 15) is 0 Å². The SMILES string of the molecule is C=Cc1ccc(-c2nc(N(C)CCCCCCOc3ccc(N=Nc4ccc(OC)cc4)cc3)nc(N(C)CCCCCCOc3ccc(N=Nc4ccc(OC)cc4)cc3)n2)cc1. The Labute approximate surface area is 377 Å². The molecule has 1 aromatic heterocycles. The molecule has 0 aliphatic heterocycles. The van der Waals surface area contributed by atoms with Crippen molar-refractivity contribution in [2.75, 3.05) is 64.4 Å². The summed E-state index contributed by atoms with van der Waals surface area (Å²) in [5.74, 6) is 5.21. The molecule has 0 spiro atoms. The van der Waals surface area contributed by atoms with Gasteiger partial charge in [-0.3, -0.25) is 0 Å². The molecule has 0 radical (unpaired) electrons.